The number of aldehydes is 1. The summed E-state index contributed by atoms with van der Waals surface area (Å²) in [6.45, 7) is 2.78. The molecule has 1 aromatic rings. The van der Waals surface area contributed by atoms with E-state index >= 15 is 0 Å². The molecule has 0 aliphatic carbocycles. The molecule has 0 fully saturated rings. The molecule has 18 heavy (non-hydrogen) atoms. The summed E-state index contributed by atoms with van der Waals surface area (Å²) in [4.78, 5) is 31.4. The molecule has 1 aromatic carbocycles. The smallest absolute Gasteiger partial charge is 0.330 e. The highest BCUT2D eigenvalue weighted by Gasteiger charge is 2.16. The first-order chi connectivity index (χ1) is 8.49. The molecule has 0 amide bonds. The molecule has 0 atom stereocenters. The second-order valence-corrected chi connectivity index (χ2v) is 3.23. The van der Waals surface area contributed by atoms with E-state index in [2.05, 4.69) is 11.3 Å². The fourth-order valence-electron chi connectivity index (χ4n) is 1.21. The fourth-order valence-corrected chi connectivity index (χ4v) is 1.21. The largest absolute Gasteiger partial charge is 0.507 e. The van der Waals surface area contributed by atoms with Crippen molar-refractivity contribution in [3.05, 3.63) is 46.0 Å². The van der Waals surface area contributed by atoms with E-state index in [0.29, 0.717) is 0 Å². The molecule has 1 rings (SSSR count). The summed E-state index contributed by atoms with van der Waals surface area (Å²) in [5.74, 6) is -1.19. The van der Waals surface area contributed by atoms with Gasteiger partial charge in [-0.3, -0.25) is 14.9 Å². The lowest BCUT2D eigenvalue weighted by molar-refractivity contribution is -0.385. The van der Waals surface area contributed by atoms with Gasteiger partial charge in [-0.25, -0.2) is 4.79 Å². The van der Waals surface area contributed by atoms with Crippen LogP contribution in [0.4, 0.5) is 5.69 Å². The highest BCUT2D eigenvalue weighted by Crippen LogP contribution is 2.27. The molecule has 0 heterocycles. The Kier molecular flexibility index (Phi) is 4.14. The zero-order valence-corrected chi connectivity index (χ0v) is 9.16. The number of carbonyl (C=O) groups excluding carboxylic acids is 2. The minimum absolute atomic E-state index is 0.0264. The summed E-state index contributed by atoms with van der Waals surface area (Å²) in [6.07, 6.45) is 1.19. The van der Waals surface area contributed by atoms with Gasteiger partial charge in [0.1, 0.15) is 12.4 Å². The molecule has 0 bridgehead atoms. The number of rotatable bonds is 5. The van der Waals surface area contributed by atoms with Crippen LogP contribution in [-0.2, 0) is 16.1 Å². The van der Waals surface area contributed by atoms with Crippen LogP contribution in [0.15, 0.2) is 24.8 Å². The molecular formula is C11H9NO6. The van der Waals surface area contributed by atoms with Gasteiger partial charge in [0, 0.05) is 23.8 Å². The number of aromatic hydroxyl groups is 1. The summed E-state index contributed by atoms with van der Waals surface area (Å²) in [6, 6.07) is 1.96. The van der Waals surface area contributed by atoms with Crippen molar-refractivity contribution in [2.75, 3.05) is 0 Å². The number of benzene rings is 1. The maximum atomic E-state index is 10.8. The van der Waals surface area contributed by atoms with Gasteiger partial charge in [-0.15, -0.1) is 0 Å². The zero-order valence-electron chi connectivity index (χ0n) is 9.16. The molecule has 0 aliphatic rings. The topological polar surface area (TPSA) is 107 Å². The van der Waals surface area contributed by atoms with Gasteiger partial charge in [0.15, 0.2) is 6.29 Å². The Morgan fingerprint density at radius 2 is 2.22 bits per heavy atom. The average molecular weight is 251 g/mol. The Bertz CT molecular complexity index is 523. The molecule has 0 aliphatic heterocycles. The molecule has 7 nitrogen and oxygen atoms in total. The van der Waals surface area contributed by atoms with Gasteiger partial charge in [0.25, 0.3) is 5.69 Å². The van der Waals surface area contributed by atoms with Crippen LogP contribution in [-0.4, -0.2) is 22.3 Å². The third-order valence-electron chi connectivity index (χ3n) is 2.08. The Hall–Kier alpha value is -2.70. The first-order valence-corrected chi connectivity index (χ1v) is 4.74. The van der Waals surface area contributed by atoms with E-state index < -0.39 is 16.6 Å². The third-order valence-corrected chi connectivity index (χ3v) is 2.08. The summed E-state index contributed by atoms with van der Waals surface area (Å²) < 4.78 is 4.64. The van der Waals surface area contributed by atoms with E-state index in [1.54, 1.807) is 0 Å². The first kappa shape index (κ1) is 13.4. The van der Waals surface area contributed by atoms with Crippen molar-refractivity contribution >= 4 is 17.9 Å². The number of hydrogen-bond donors (Lipinski definition) is 1. The molecule has 0 saturated heterocycles. The van der Waals surface area contributed by atoms with Gasteiger partial charge in [0.05, 0.1) is 10.5 Å². The predicted octanol–water partition coefficient (Wildman–Crippen LogP) is 1.34. The maximum absolute atomic E-state index is 10.8. The second-order valence-electron chi connectivity index (χ2n) is 3.23. The second kappa shape index (κ2) is 5.58. The van der Waals surface area contributed by atoms with Crippen molar-refractivity contribution in [1.82, 2.24) is 0 Å². The summed E-state index contributed by atoms with van der Waals surface area (Å²) >= 11 is 0. The summed E-state index contributed by atoms with van der Waals surface area (Å²) in [5.41, 5.74) is -0.644. The van der Waals surface area contributed by atoms with Crippen molar-refractivity contribution in [3.63, 3.8) is 0 Å². The quantitative estimate of drug-likeness (QED) is 0.278. The van der Waals surface area contributed by atoms with Crippen LogP contribution in [0.25, 0.3) is 0 Å². The Labute approximate surface area is 101 Å². The number of phenols is 1. The molecule has 1 N–H and O–H groups in total. The standard InChI is InChI=1S/C11H9NO6/c1-2-10(14)18-6-8-4-9(12(16)17)3-7(5-13)11(8)15/h2-5,15H,1,6H2. The number of esters is 1. The number of ether oxygens (including phenoxy) is 1. The van der Waals surface area contributed by atoms with Crippen molar-refractivity contribution in [3.8, 4) is 5.75 Å². The van der Waals surface area contributed by atoms with Crippen LogP contribution in [0.5, 0.6) is 5.75 Å². The molecule has 0 saturated carbocycles. The van der Waals surface area contributed by atoms with E-state index in [1.807, 2.05) is 0 Å². The molecule has 0 unspecified atom stereocenters. The monoisotopic (exact) mass is 251 g/mol. The Morgan fingerprint density at radius 1 is 1.56 bits per heavy atom. The van der Waals surface area contributed by atoms with E-state index in [9.17, 15) is 24.8 Å². The highest BCUT2D eigenvalue weighted by atomic mass is 16.6. The highest BCUT2D eigenvalue weighted by molar-refractivity contribution is 5.82. The summed E-state index contributed by atoms with van der Waals surface area (Å²) in [5, 5.41) is 20.2. The van der Waals surface area contributed by atoms with E-state index in [4.69, 9.17) is 0 Å². The summed E-state index contributed by atoms with van der Waals surface area (Å²) in [7, 11) is 0. The Morgan fingerprint density at radius 3 is 2.72 bits per heavy atom. The van der Waals surface area contributed by atoms with Crippen LogP contribution in [0, 0.1) is 10.1 Å². The molecule has 0 radical (unpaired) electrons. The number of phenolic OH excluding ortho intramolecular Hbond substituents is 1. The van der Waals surface area contributed by atoms with Crippen molar-refractivity contribution in [2.45, 2.75) is 6.61 Å². The third kappa shape index (κ3) is 2.91. The number of nitro benzene ring substituents is 1. The minimum atomic E-state index is -0.742. The van der Waals surface area contributed by atoms with Crippen LogP contribution >= 0.6 is 0 Å². The van der Waals surface area contributed by atoms with E-state index in [0.717, 1.165) is 18.2 Å². The average Bonchev–Trinajstić information content (AvgIpc) is 2.36. The number of hydrogen-bond acceptors (Lipinski definition) is 6. The predicted molar refractivity (Wildman–Crippen MR) is 60.1 cm³/mol. The normalized spacial score (nSPS) is 9.56. The van der Waals surface area contributed by atoms with Gasteiger partial charge in [-0.05, 0) is 0 Å². The number of nitrogens with zero attached hydrogens (tertiary/aromatic N) is 1. The van der Waals surface area contributed by atoms with Crippen LogP contribution in [0.1, 0.15) is 15.9 Å². The molecule has 94 valence electrons. The van der Waals surface area contributed by atoms with Gasteiger partial charge in [-0.1, -0.05) is 6.58 Å². The van der Waals surface area contributed by atoms with Crippen LogP contribution in [0.2, 0.25) is 0 Å². The molecule has 7 heteroatoms. The molecule has 0 spiro atoms. The zero-order chi connectivity index (χ0) is 13.7. The van der Waals surface area contributed by atoms with E-state index in [-0.39, 0.29) is 29.7 Å². The lowest BCUT2D eigenvalue weighted by atomic mass is 10.1. The number of carbonyl (C=O) groups is 2. The van der Waals surface area contributed by atoms with E-state index in [1.165, 1.54) is 0 Å². The van der Waals surface area contributed by atoms with Crippen molar-refractivity contribution in [1.29, 1.82) is 0 Å². The number of non-ortho nitro benzene ring substituents is 1. The lowest BCUT2D eigenvalue weighted by Gasteiger charge is -2.06. The van der Waals surface area contributed by atoms with Gasteiger partial charge < -0.3 is 9.84 Å². The van der Waals surface area contributed by atoms with Crippen molar-refractivity contribution in [2.24, 2.45) is 0 Å². The van der Waals surface area contributed by atoms with Gasteiger partial charge >= 0.3 is 5.97 Å². The van der Waals surface area contributed by atoms with Crippen LogP contribution in [0.3, 0.4) is 0 Å². The SMILES string of the molecule is C=CC(=O)OCc1cc([N+](=O)[O-])cc(C=O)c1O. The first-order valence-electron chi connectivity index (χ1n) is 4.74. The Balaban J connectivity index is 3.12. The number of nitro groups is 1. The molecule has 0 aromatic heterocycles. The van der Waals surface area contributed by atoms with Crippen LogP contribution < -0.4 is 0 Å². The lowest BCUT2D eigenvalue weighted by Crippen LogP contribution is -2.02. The van der Waals surface area contributed by atoms with Gasteiger partial charge in [-0.2, -0.15) is 0 Å². The molecular weight excluding hydrogens is 242 g/mol. The van der Waals surface area contributed by atoms with Crippen molar-refractivity contribution < 1.29 is 24.4 Å². The maximum Gasteiger partial charge on any atom is 0.330 e. The van der Waals surface area contributed by atoms with Gasteiger partial charge in [0.2, 0.25) is 0 Å². The fraction of sp³-hybridized carbons (Fsp3) is 0.0909. The minimum Gasteiger partial charge on any atom is -0.507 e.